The predicted molar refractivity (Wildman–Crippen MR) is 90.9 cm³/mol. The number of rotatable bonds is 11. The van der Waals surface area contributed by atoms with Crippen molar-refractivity contribution in [2.24, 2.45) is 5.92 Å². The van der Waals surface area contributed by atoms with E-state index in [9.17, 15) is 29.1 Å². The summed E-state index contributed by atoms with van der Waals surface area (Å²) in [7, 11) is 0. The number of hydrogen-bond donors (Lipinski definition) is 5. The first-order valence-corrected chi connectivity index (χ1v) is 8.20. The summed E-state index contributed by atoms with van der Waals surface area (Å²) in [5, 5.41) is 25.4. The maximum absolute atomic E-state index is 12.4. The average molecular weight is 373 g/mol. The number of carboxylic acids is 1. The Morgan fingerprint density at radius 3 is 1.96 bits per heavy atom. The fraction of sp³-hybridized carbons (Fsp3) is 0.688. The van der Waals surface area contributed by atoms with E-state index in [0.717, 1.165) is 0 Å². The number of aldehydes is 1. The van der Waals surface area contributed by atoms with E-state index in [2.05, 4.69) is 16.0 Å². The van der Waals surface area contributed by atoms with Crippen molar-refractivity contribution in [3.63, 3.8) is 0 Å². The minimum atomic E-state index is -1.41. The van der Waals surface area contributed by atoms with E-state index in [1.165, 1.54) is 13.8 Å². The molecule has 0 aromatic carbocycles. The van der Waals surface area contributed by atoms with Crippen molar-refractivity contribution in [3.8, 4) is 0 Å². The van der Waals surface area contributed by atoms with Crippen LogP contribution in [-0.4, -0.2) is 64.4 Å². The van der Waals surface area contributed by atoms with Crippen molar-refractivity contribution in [1.82, 2.24) is 16.0 Å². The third kappa shape index (κ3) is 9.11. The Morgan fingerprint density at radius 2 is 1.58 bits per heavy atom. The van der Waals surface area contributed by atoms with Crippen molar-refractivity contribution in [3.05, 3.63) is 0 Å². The Balaban J connectivity index is 5.14. The molecule has 148 valence electrons. The smallest absolute Gasteiger partial charge is 0.305 e. The zero-order valence-corrected chi connectivity index (χ0v) is 15.3. The maximum Gasteiger partial charge on any atom is 0.305 e. The molecule has 0 aliphatic heterocycles. The van der Waals surface area contributed by atoms with Gasteiger partial charge in [-0.2, -0.15) is 0 Å². The van der Waals surface area contributed by atoms with Gasteiger partial charge in [-0.05, 0) is 19.3 Å². The molecule has 0 rings (SSSR count). The van der Waals surface area contributed by atoms with Gasteiger partial charge in [0.15, 0.2) is 0 Å². The summed E-state index contributed by atoms with van der Waals surface area (Å²) in [6, 6.07) is -3.61. The summed E-state index contributed by atoms with van der Waals surface area (Å²) in [6.45, 7) is 6.20. The van der Waals surface area contributed by atoms with Crippen LogP contribution in [0, 0.1) is 5.92 Å². The summed E-state index contributed by atoms with van der Waals surface area (Å²) in [5.74, 6) is -3.21. The van der Waals surface area contributed by atoms with Crippen LogP contribution in [0.3, 0.4) is 0 Å². The fourth-order valence-electron chi connectivity index (χ4n) is 2.20. The second-order valence-corrected chi connectivity index (χ2v) is 6.46. The minimum absolute atomic E-state index is 0.0754. The highest BCUT2D eigenvalue weighted by molar-refractivity contribution is 5.93. The lowest BCUT2D eigenvalue weighted by molar-refractivity contribution is -0.139. The molecule has 0 saturated heterocycles. The first-order valence-electron chi connectivity index (χ1n) is 8.20. The molecule has 4 atom stereocenters. The zero-order chi connectivity index (χ0) is 20.4. The van der Waals surface area contributed by atoms with Gasteiger partial charge in [-0.1, -0.05) is 13.8 Å². The highest BCUT2D eigenvalue weighted by Crippen LogP contribution is 2.06. The van der Waals surface area contributed by atoms with Crippen molar-refractivity contribution in [1.29, 1.82) is 0 Å². The molecule has 0 heterocycles. The summed E-state index contributed by atoms with van der Waals surface area (Å²) in [4.78, 5) is 57.4. The summed E-state index contributed by atoms with van der Waals surface area (Å²) >= 11 is 0. The van der Waals surface area contributed by atoms with Gasteiger partial charge in [0.2, 0.25) is 17.7 Å². The monoisotopic (exact) mass is 373 g/mol. The van der Waals surface area contributed by atoms with Crippen molar-refractivity contribution >= 4 is 30.0 Å². The van der Waals surface area contributed by atoms with Crippen LogP contribution < -0.4 is 16.0 Å². The Morgan fingerprint density at radius 1 is 1.00 bits per heavy atom. The average Bonchev–Trinajstić information content (AvgIpc) is 2.48. The van der Waals surface area contributed by atoms with E-state index in [1.54, 1.807) is 0 Å². The van der Waals surface area contributed by atoms with Crippen molar-refractivity contribution < 1.29 is 34.2 Å². The molecule has 0 radical (unpaired) electrons. The van der Waals surface area contributed by atoms with Gasteiger partial charge in [-0.25, -0.2) is 0 Å². The normalized spacial score (nSPS) is 15.3. The van der Waals surface area contributed by atoms with Crippen molar-refractivity contribution in [2.45, 2.75) is 64.8 Å². The Kier molecular flexibility index (Phi) is 10.1. The molecule has 0 spiro atoms. The van der Waals surface area contributed by atoms with Crippen molar-refractivity contribution in [2.75, 3.05) is 0 Å². The SMILES string of the molecule is CC(=O)NC(CC(C)C)C(=O)NC(C(=O)NC(C=O)CC(=O)O)C(C)O. The quantitative estimate of drug-likeness (QED) is 0.277. The van der Waals surface area contributed by atoms with Crippen LogP contribution in [0.15, 0.2) is 0 Å². The zero-order valence-electron chi connectivity index (χ0n) is 15.3. The molecule has 0 saturated carbocycles. The van der Waals surface area contributed by atoms with Gasteiger partial charge >= 0.3 is 5.97 Å². The second-order valence-electron chi connectivity index (χ2n) is 6.46. The molecule has 0 aliphatic rings. The number of amides is 3. The molecular formula is C16H27N3O7. The Bertz CT molecular complexity index is 534. The van der Waals surface area contributed by atoms with Crippen LogP contribution in [0.1, 0.15) is 40.5 Å². The van der Waals surface area contributed by atoms with Crippen LogP contribution in [0.4, 0.5) is 0 Å². The summed E-state index contributed by atoms with van der Waals surface area (Å²) in [5.41, 5.74) is 0. The van der Waals surface area contributed by atoms with Crippen LogP contribution in [-0.2, 0) is 24.0 Å². The van der Waals surface area contributed by atoms with E-state index >= 15 is 0 Å². The molecule has 0 aromatic heterocycles. The van der Waals surface area contributed by atoms with Gasteiger partial charge in [0, 0.05) is 6.92 Å². The van der Waals surface area contributed by atoms with E-state index in [-0.39, 0.29) is 12.2 Å². The molecule has 0 aliphatic carbocycles. The molecule has 26 heavy (non-hydrogen) atoms. The maximum atomic E-state index is 12.4. The van der Waals surface area contributed by atoms with Gasteiger partial charge in [-0.3, -0.25) is 19.2 Å². The number of aliphatic hydroxyl groups excluding tert-OH is 1. The number of hydrogen-bond acceptors (Lipinski definition) is 6. The van der Waals surface area contributed by atoms with E-state index in [0.29, 0.717) is 6.42 Å². The first kappa shape index (κ1) is 23.5. The predicted octanol–water partition coefficient (Wildman–Crippen LogP) is -1.44. The topological polar surface area (TPSA) is 162 Å². The molecule has 4 unspecified atom stereocenters. The van der Waals surface area contributed by atoms with Gasteiger partial charge in [-0.15, -0.1) is 0 Å². The fourth-order valence-corrected chi connectivity index (χ4v) is 2.20. The molecule has 0 fully saturated rings. The standard InChI is InChI=1S/C16H27N3O7/c1-8(2)5-12(17-10(4)22)15(25)19-14(9(3)21)16(26)18-11(7-20)6-13(23)24/h7-9,11-12,14,21H,5-6H2,1-4H3,(H,17,22)(H,18,26)(H,19,25)(H,23,24). The van der Waals surface area contributed by atoms with Gasteiger partial charge in [0.05, 0.1) is 18.6 Å². The lowest BCUT2D eigenvalue weighted by Crippen LogP contribution is -2.58. The molecule has 10 nitrogen and oxygen atoms in total. The lowest BCUT2D eigenvalue weighted by atomic mass is 10.0. The largest absolute Gasteiger partial charge is 0.481 e. The number of carbonyl (C=O) groups is 5. The molecule has 0 bridgehead atoms. The highest BCUT2D eigenvalue weighted by Gasteiger charge is 2.31. The highest BCUT2D eigenvalue weighted by atomic mass is 16.4. The third-order valence-electron chi connectivity index (χ3n) is 3.35. The molecule has 3 amide bonds. The van der Waals surface area contributed by atoms with E-state index < -0.39 is 54.3 Å². The van der Waals surface area contributed by atoms with Crippen LogP contribution in [0.25, 0.3) is 0 Å². The van der Waals surface area contributed by atoms with E-state index in [1.807, 2.05) is 13.8 Å². The Labute approximate surface area is 151 Å². The van der Waals surface area contributed by atoms with Gasteiger partial charge in [0.25, 0.3) is 0 Å². The number of nitrogens with one attached hydrogen (secondary N) is 3. The van der Waals surface area contributed by atoms with Crippen LogP contribution in [0.2, 0.25) is 0 Å². The number of carboxylic acid groups (broad SMARTS) is 1. The molecule has 10 heteroatoms. The van der Waals surface area contributed by atoms with Crippen LogP contribution >= 0.6 is 0 Å². The number of aliphatic carboxylic acids is 1. The number of aliphatic hydroxyl groups is 1. The molecule has 0 aromatic rings. The van der Waals surface area contributed by atoms with Crippen LogP contribution in [0.5, 0.6) is 0 Å². The summed E-state index contributed by atoms with van der Waals surface area (Å²) < 4.78 is 0. The third-order valence-corrected chi connectivity index (χ3v) is 3.35. The van der Waals surface area contributed by atoms with Gasteiger partial charge < -0.3 is 31.0 Å². The van der Waals surface area contributed by atoms with E-state index in [4.69, 9.17) is 5.11 Å². The lowest BCUT2D eigenvalue weighted by Gasteiger charge is -2.26. The minimum Gasteiger partial charge on any atom is -0.481 e. The molecular weight excluding hydrogens is 346 g/mol. The summed E-state index contributed by atoms with van der Waals surface area (Å²) in [6.07, 6.45) is -1.37. The second kappa shape index (κ2) is 11.2. The Hall–Kier alpha value is -2.49. The number of carbonyl (C=O) groups excluding carboxylic acids is 4. The molecule has 5 N–H and O–H groups in total. The first-order chi connectivity index (χ1) is 12.0. The van der Waals surface area contributed by atoms with Gasteiger partial charge in [0.1, 0.15) is 18.4 Å².